The highest BCUT2D eigenvalue weighted by Gasteiger charge is 2.09. The number of carbonyl (C=O) groups excluding carboxylic acids is 1. The number of thiazole rings is 1. The predicted octanol–water partition coefficient (Wildman–Crippen LogP) is 5.51. The van der Waals surface area contributed by atoms with Crippen LogP contribution in [0.25, 0.3) is 11.3 Å². The minimum Gasteiger partial charge on any atom is -0.331 e. The van der Waals surface area contributed by atoms with Crippen molar-refractivity contribution >= 4 is 33.8 Å². The van der Waals surface area contributed by atoms with Crippen LogP contribution >= 0.6 is 11.3 Å². The number of amides is 1. The van der Waals surface area contributed by atoms with Gasteiger partial charge in [0, 0.05) is 40.3 Å². The summed E-state index contributed by atoms with van der Waals surface area (Å²) in [4.78, 5) is 21.2. The summed E-state index contributed by atoms with van der Waals surface area (Å²) in [6.07, 6.45) is 3.50. The Balaban J connectivity index is 1.48. The van der Waals surface area contributed by atoms with Crippen molar-refractivity contribution in [1.29, 1.82) is 0 Å². The first-order valence-electron chi connectivity index (χ1n) is 8.79. The summed E-state index contributed by atoms with van der Waals surface area (Å²) in [6, 6.07) is 19.0. The summed E-state index contributed by atoms with van der Waals surface area (Å²) < 4.78 is 0. The zero-order chi connectivity index (χ0) is 19.3. The van der Waals surface area contributed by atoms with Crippen molar-refractivity contribution in [3.8, 4) is 11.3 Å². The number of nitrogens with one attached hydrogen (secondary N) is 2. The van der Waals surface area contributed by atoms with E-state index in [-0.39, 0.29) is 5.91 Å². The van der Waals surface area contributed by atoms with Crippen LogP contribution in [-0.4, -0.2) is 15.9 Å². The SMILES string of the molecule is Cc1ccccc1C(=O)Nc1cccc(Nc2nc(-c3ccncc3)cs2)c1. The third-order valence-corrected chi connectivity index (χ3v) is 5.00. The molecule has 2 aromatic heterocycles. The second-order valence-corrected chi connectivity index (χ2v) is 7.11. The van der Waals surface area contributed by atoms with E-state index in [0.717, 1.165) is 33.3 Å². The Morgan fingerprint density at radius 2 is 1.75 bits per heavy atom. The second-order valence-electron chi connectivity index (χ2n) is 6.25. The van der Waals surface area contributed by atoms with Crippen LogP contribution in [0.5, 0.6) is 0 Å². The molecule has 0 aliphatic heterocycles. The number of hydrogen-bond acceptors (Lipinski definition) is 5. The summed E-state index contributed by atoms with van der Waals surface area (Å²) in [5, 5.41) is 9.04. The third kappa shape index (κ3) is 4.07. The Labute approximate surface area is 167 Å². The van der Waals surface area contributed by atoms with E-state index in [9.17, 15) is 4.79 Å². The summed E-state index contributed by atoms with van der Waals surface area (Å²) in [6.45, 7) is 1.93. The third-order valence-electron chi connectivity index (χ3n) is 4.24. The van der Waals surface area contributed by atoms with Gasteiger partial charge in [0.15, 0.2) is 5.13 Å². The molecule has 0 saturated carbocycles. The monoisotopic (exact) mass is 386 g/mol. The quantitative estimate of drug-likeness (QED) is 0.475. The lowest BCUT2D eigenvalue weighted by molar-refractivity contribution is 0.102. The number of pyridine rings is 1. The van der Waals surface area contributed by atoms with Crippen LogP contribution in [0.4, 0.5) is 16.5 Å². The Hall–Kier alpha value is -3.51. The summed E-state index contributed by atoms with van der Waals surface area (Å²) in [7, 11) is 0. The van der Waals surface area contributed by atoms with E-state index >= 15 is 0 Å². The van der Waals surface area contributed by atoms with E-state index in [1.54, 1.807) is 12.4 Å². The summed E-state index contributed by atoms with van der Waals surface area (Å²) in [5.41, 5.74) is 5.13. The number of benzene rings is 2. The number of hydrogen-bond donors (Lipinski definition) is 2. The van der Waals surface area contributed by atoms with Gasteiger partial charge in [0.25, 0.3) is 5.91 Å². The van der Waals surface area contributed by atoms with Gasteiger partial charge >= 0.3 is 0 Å². The molecule has 0 spiro atoms. The Morgan fingerprint density at radius 1 is 0.964 bits per heavy atom. The minimum atomic E-state index is -0.121. The van der Waals surface area contributed by atoms with Gasteiger partial charge in [-0.05, 0) is 48.9 Å². The molecule has 2 N–H and O–H groups in total. The van der Waals surface area contributed by atoms with Crippen LogP contribution in [0.15, 0.2) is 78.4 Å². The van der Waals surface area contributed by atoms with Gasteiger partial charge in [-0.15, -0.1) is 11.3 Å². The van der Waals surface area contributed by atoms with E-state index < -0.39 is 0 Å². The molecular weight excluding hydrogens is 368 g/mol. The molecule has 4 aromatic rings. The van der Waals surface area contributed by atoms with Gasteiger partial charge in [0.2, 0.25) is 0 Å². The van der Waals surface area contributed by atoms with E-state index in [2.05, 4.69) is 20.6 Å². The van der Waals surface area contributed by atoms with E-state index in [1.165, 1.54) is 11.3 Å². The van der Waals surface area contributed by atoms with E-state index in [4.69, 9.17) is 0 Å². The molecule has 5 nitrogen and oxygen atoms in total. The van der Waals surface area contributed by atoms with Crippen LogP contribution in [0.1, 0.15) is 15.9 Å². The van der Waals surface area contributed by atoms with Crippen molar-refractivity contribution in [2.75, 3.05) is 10.6 Å². The Kier molecular flexibility index (Phi) is 5.12. The molecule has 28 heavy (non-hydrogen) atoms. The number of aromatic nitrogens is 2. The smallest absolute Gasteiger partial charge is 0.255 e. The normalized spacial score (nSPS) is 10.5. The van der Waals surface area contributed by atoms with Crippen molar-refractivity contribution in [2.45, 2.75) is 6.92 Å². The molecule has 2 aromatic carbocycles. The van der Waals surface area contributed by atoms with Gasteiger partial charge in [-0.2, -0.15) is 0 Å². The molecule has 2 heterocycles. The molecule has 0 fully saturated rings. The van der Waals surface area contributed by atoms with Gasteiger partial charge in [0.1, 0.15) is 0 Å². The minimum absolute atomic E-state index is 0.121. The standard InChI is InChI=1S/C22H18N4OS/c1-15-5-2-3-8-19(15)21(27)24-17-6-4-7-18(13-17)25-22-26-20(14-28-22)16-9-11-23-12-10-16/h2-14H,1H3,(H,24,27)(H,25,26). The molecule has 0 saturated heterocycles. The molecule has 0 atom stereocenters. The van der Waals surface area contributed by atoms with E-state index in [1.807, 2.05) is 73.0 Å². The molecule has 0 aliphatic rings. The lowest BCUT2D eigenvalue weighted by atomic mass is 10.1. The largest absolute Gasteiger partial charge is 0.331 e. The predicted molar refractivity (Wildman–Crippen MR) is 114 cm³/mol. The molecule has 6 heteroatoms. The highest BCUT2D eigenvalue weighted by Crippen LogP contribution is 2.27. The molecule has 0 aliphatic carbocycles. The Morgan fingerprint density at radius 3 is 2.57 bits per heavy atom. The highest BCUT2D eigenvalue weighted by atomic mass is 32.1. The lowest BCUT2D eigenvalue weighted by Gasteiger charge is -2.09. The lowest BCUT2D eigenvalue weighted by Crippen LogP contribution is -2.13. The number of nitrogens with zero attached hydrogens (tertiary/aromatic N) is 2. The van der Waals surface area contributed by atoms with Gasteiger partial charge in [0.05, 0.1) is 5.69 Å². The zero-order valence-corrected chi connectivity index (χ0v) is 16.0. The number of carbonyl (C=O) groups is 1. The van der Waals surface area contributed by atoms with Crippen LogP contribution in [0, 0.1) is 6.92 Å². The fourth-order valence-electron chi connectivity index (χ4n) is 2.81. The van der Waals surface area contributed by atoms with Crippen molar-refractivity contribution in [3.05, 3.63) is 89.6 Å². The van der Waals surface area contributed by atoms with Crippen LogP contribution in [-0.2, 0) is 0 Å². The number of rotatable bonds is 5. The Bertz CT molecular complexity index is 1110. The van der Waals surface area contributed by atoms with Gasteiger partial charge in [-0.3, -0.25) is 9.78 Å². The van der Waals surface area contributed by atoms with Crippen LogP contribution in [0.3, 0.4) is 0 Å². The van der Waals surface area contributed by atoms with Crippen molar-refractivity contribution in [2.24, 2.45) is 0 Å². The second kappa shape index (κ2) is 8.02. The van der Waals surface area contributed by atoms with Crippen molar-refractivity contribution in [1.82, 2.24) is 9.97 Å². The van der Waals surface area contributed by atoms with Crippen LogP contribution in [0.2, 0.25) is 0 Å². The average molecular weight is 386 g/mol. The number of aryl methyl sites for hydroxylation is 1. The first kappa shape index (κ1) is 17.9. The maximum absolute atomic E-state index is 12.5. The molecular formula is C22H18N4OS. The van der Waals surface area contributed by atoms with Gasteiger partial charge in [-0.1, -0.05) is 24.3 Å². The van der Waals surface area contributed by atoms with E-state index in [0.29, 0.717) is 5.56 Å². The van der Waals surface area contributed by atoms with Gasteiger partial charge < -0.3 is 10.6 Å². The molecule has 0 bridgehead atoms. The van der Waals surface area contributed by atoms with Crippen molar-refractivity contribution < 1.29 is 4.79 Å². The topological polar surface area (TPSA) is 66.9 Å². The van der Waals surface area contributed by atoms with Crippen molar-refractivity contribution in [3.63, 3.8) is 0 Å². The summed E-state index contributed by atoms with van der Waals surface area (Å²) >= 11 is 1.53. The summed E-state index contributed by atoms with van der Waals surface area (Å²) in [5.74, 6) is -0.121. The fraction of sp³-hybridized carbons (Fsp3) is 0.0455. The van der Waals surface area contributed by atoms with Crippen LogP contribution < -0.4 is 10.6 Å². The first-order valence-corrected chi connectivity index (χ1v) is 9.67. The molecule has 0 radical (unpaired) electrons. The maximum atomic E-state index is 12.5. The number of anilines is 3. The van der Waals surface area contributed by atoms with Gasteiger partial charge in [-0.25, -0.2) is 4.98 Å². The molecule has 1 amide bonds. The fourth-order valence-corrected chi connectivity index (χ4v) is 3.55. The molecule has 4 rings (SSSR count). The average Bonchev–Trinajstić information content (AvgIpc) is 3.18. The highest BCUT2D eigenvalue weighted by molar-refractivity contribution is 7.14. The maximum Gasteiger partial charge on any atom is 0.255 e. The molecule has 0 unspecified atom stereocenters. The first-order chi connectivity index (χ1) is 13.7. The zero-order valence-electron chi connectivity index (χ0n) is 15.2. The molecule has 138 valence electrons.